The number of allylic oxidation sites excluding steroid dienone is 1. The van der Waals surface area contributed by atoms with Crippen LogP contribution in [0.2, 0.25) is 18.1 Å². The zero-order chi connectivity index (χ0) is 26.4. The Morgan fingerprint density at radius 2 is 1.42 bits per heavy atom. The molecule has 3 nitrogen and oxygen atoms in total. The second-order valence-corrected chi connectivity index (χ2v) is 16.1. The molecule has 1 N–H and O–H groups in total. The van der Waals surface area contributed by atoms with Gasteiger partial charge >= 0.3 is 0 Å². The minimum absolute atomic E-state index is 0.0987. The Morgan fingerprint density at radius 3 is 1.94 bits per heavy atom. The molecule has 0 bridgehead atoms. The van der Waals surface area contributed by atoms with Gasteiger partial charge in [0.05, 0.1) is 18.4 Å². The number of benzene rings is 2. The molecule has 198 valence electrons. The quantitative estimate of drug-likeness (QED) is 0.113. The molecule has 0 aliphatic carbocycles. The molecule has 0 amide bonds. The van der Waals surface area contributed by atoms with Crippen LogP contribution in [0.4, 0.5) is 0 Å². The molecule has 0 heterocycles. The molecule has 0 spiro atoms. The summed E-state index contributed by atoms with van der Waals surface area (Å²) in [7, 11) is -1.99. The van der Waals surface area contributed by atoms with Gasteiger partial charge in [-0.25, -0.2) is 0 Å². The number of nitrogens with zero attached hydrogens (tertiary/aromatic N) is 1. The smallest absolute Gasteiger partial charge is 0.192 e. The minimum Gasteiger partial charge on any atom is -0.415 e. The molecule has 36 heavy (non-hydrogen) atoms. The van der Waals surface area contributed by atoms with Crippen LogP contribution in [0, 0.1) is 0 Å². The van der Waals surface area contributed by atoms with E-state index in [1.165, 1.54) is 38.5 Å². The van der Waals surface area contributed by atoms with Crippen molar-refractivity contribution < 1.29 is 9.53 Å². The maximum absolute atomic E-state index is 11.3. The molecule has 0 saturated carbocycles. The van der Waals surface area contributed by atoms with Crippen LogP contribution in [-0.2, 0) is 4.43 Å². The lowest BCUT2D eigenvalue weighted by molar-refractivity contribution is 0.147. The summed E-state index contributed by atoms with van der Waals surface area (Å²) in [5.74, 6) is 0. The molecular formula is C32H49NO2Si. The van der Waals surface area contributed by atoms with Gasteiger partial charge < -0.3 is 9.53 Å². The van der Waals surface area contributed by atoms with Crippen molar-refractivity contribution in [3.63, 3.8) is 0 Å². The normalized spacial score (nSPS) is 14.1. The van der Waals surface area contributed by atoms with Crippen LogP contribution in [0.15, 0.2) is 77.8 Å². The van der Waals surface area contributed by atoms with Crippen LogP contribution in [0.25, 0.3) is 0 Å². The average Bonchev–Trinajstić information content (AvgIpc) is 2.86. The number of unbranched alkanes of at least 4 members (excludes halogenated alkanes) is 6. The van der Waals surface area contributed by atoms with Crippen molar-refractivity contribution in [1.82, 2.24) is 0 Å². The Hall–Kier alpha value is -2.01. The van der Waals surface area contributed by atoms with Crippen molar-refractivity contribution in [3.8, 4) is 0 Å². The molecule has 2 aromatic carbocycles. The summed E-state index contributed by atoms with van der Waals surface area (Å²) >= 11 is 0. The van der Waals surface area contributed by atoms with Crippen LogP contribution in [-0.4, -0.2) is 37.9 Å². The first-order chi connectivity index (χ1) is 17.2. The largest absolute Gasteiger partial charge is 0.415 e. The third-order valence-electron chi connectivity index (χ3n) is 7.26. The summed E-state index contributed by atoms with van der Waals surface area (Å²) < 4.78 is 6.57. The molecule has 0 unspecified atom stereocenters. The highest BCUT2D eigenvalue weighted by molar-refractivity contribution is 6.74. The molecule has 2 rings (SSSR count). The van der Waals surface area contributed by atoms with E-state index in [4.69, 9.17) is 9.42 Å². The van der Waals surface area contributed by atoms with Crippen LogP contribution < -0.4 is 0 Å². The van der Waals surface area contributed by atoms with Crippen molar-refractivity contribution in [1.29, 1.82) is 0 Å². The summed E-state index contributed by atoms with van der Waals surface area (Å²) in [6.45, 7) is 13.9. The van der Waals surface area contributed by atoms with Crippen molar-refractivity contribution in [2.24, 2.45) is 4.99 Å². The first-order valence-electron chi connectivity index (χ1n) is 13.8. The van der Waals surface area contributed by atoms with Crippen molar-refractivity contribution in [2.45, 2.75) is 103 Å². The van der Waals surface area contributed by atoms with E-state index < -0.39 is 14.4 Å². The highest BCUT2D eigenvalue weighted by Crippen LogP contribution is 2.36. The van der Waals surface area contributed by atoms with E-state index in [9.17, 15) is 5.11 Å². The van der Waals surface area contributed by atoms with Crippen LogP contribution in [0.3, 0.4) is 0 Å². The van der Waals surface area contributed by atoms with E-state index in [0.717, 1.165) is 23.3 Å². The zero-order valence-corrected chi connectivity index (χ0v) is 24.5. The second kappa shape index (κ2) is 15.3. The maximum Gasteiger partial charge on any atom is 0.192 e. The number of hydrogen-bond acceptors (Lipinski definition) is 3. The molecule has 0 saturated heterocycles. The topological polar surface area (TPSA) is 41.8 Å². The van der Waals surface area contributed by atoms with Crippen LogP contribution in [0.1, 0.15) is 83.8 Å². The molecule has 0 radical (unpaired) electrons. The lowest BCUT2D eigenvalue weighted by atomic mass is 10.0. The van der Waals surface area contributed by atoms with Gasteiger partial charge in [-0.1, -0.05) is 133 Å². The Balaban J connectivity index is 2.26. The van der Waals surface area contributed by atoms with Gasteiger partial charge in [0.1, 0.15) is 6.04 Å². The van der Waals surface area contributed by atoms with Crippen molar-refractivity contribution in [3.05, 3.63) is 83.9 Å². The van der Waals surface area contributed by atoms with Gasteiger partial charge in [-0.05, 0) is 31.0 Å². The van der Waals surface area contributed by atoms with Gasteiger partial charge in [0, 0.05) is 11.1 Å². The zero-order valence-electron chi connectivity index (χ0n) is 23.5. The fourth-order valence-electron chi connectivity index (χ4n) is 3.80. The number of aliphatic imine (C=N–C) groups is 1. The highest BCUT2D eigenvalue weighted by atomic mass is 28.4. The summed E-state index contributed by atoms with van der Waals surface area (Å²) in [4.78, 5) is 5.16. The first kappa shape index (κ1) is 30.2. The Morgan fingerprint density at radius 1 is 0.889 bits per heavy atom. The van der Waals surface area contributed by atoms with Gasteiger partial charge in [0.25, 0.3) is 0 Å². The summed E-state index contributed by atoms with van der Waals surface area (Å²) in [5, 5.41) is 11.4. The van der Waals surface area contributed by atoms with Crippen molar-refractivity contribution >= 4 is 14.0 Å². The Labute approximate surface area is 221 Å². The maximum atomic E-state index is 11.3. The van der Waals surface area contributed by atoms with Crippen molar-refractivity contribution in [2.75, 3.05) is 6.61 Å². The third-order valence-corrected chi connectivity index (χ3v) is 11.8. The summed E-state index contributed by atoms with van der Waals surface area (Å²) in [6.07, 6.45) is 12.0. The summed E-state index contributed by atoms with van der Waals surface area (Å²) in [6, 6.07) is 20.1. The monoisotopic (exact) mass is 507 g/mol. The van der Waals surface area contributed by atoms with Gasteiger partial charge in [0.15, 0.2) is 8.32 Å². The molecule has 2 atom stereocenters. The molecule has 4 heteroatoms. The standard InChI is InChI=1S/C32H49NO2Si/c1-7-8-9-10-11-12-13-20-25-30(34)29(26-35-36(5,6)32(2,3)4)33-31(27-21-16-14-17-22-27)28-23-18-15-19-24-28/h14-25,29-30,34H,7-13,26H2,1-6H3/b25-20+/t29-,30+/m1/s1. The predicted molar refractivity (Wildman–Crippen MR) is 159 cm³/mol. The predicted octanol–water partition coefficient (Wildman–Crippen LogP) is 8.58. The summed E-state index contributed by atoms with van der Waals surface area (Å²) in [5.41, 5.74) is 2.98. The lowest BCUT2D eigenvalue weighted by Gasteiger charge is -2.37. The van der Waals surface area contributed by atoms with E-state index >= 15 is 0 Å². The van der Waals surface area contributed by atoms with Crippen LogP contribution >= 0.6 is 0 Å². The average molecular weight is 508 g/mol. The van der Waals surface area contributed by atoms with E-state index in [-0.39, 0.29) is 11.1 Å². The fourth-order valence-corrected chi connectivity index (χ4v) is 4.82. The van der Waals surface area contributed by atoms with E-state index in [0.29, 0.717) is 6.61 Å². The molecule has 0 aromatic heterocycles. The lowest BCUT2D eigenvalue weighted by Crippen LogP contribution is -2.44. The Bertz CT molecular complexity index is 875. The van der Waals surface area contributed by atoms with E-state index in [1.54, 1.807) is 0 Å². The second-order valence-electron chi connectivity index (χ2n) is 11.3. The van der Waals surface area contributed by atoms with Gasteiger partial charge in [-0.3, -0.25) is 4.99 Å². The number of aliphatic hydroxyl groups excluding tert-OH is 1. The van der Waals surface area contributed by atoms with Gasteiger partial charge in [-0.15, -0.1) is 0 Å². The Kier molecular flexibility index (Phi) is 12.8. The SMILES string of the molecule is CCCCCCCC/C=C/[C@H](O)[C@@H](CO[Si](C)(C)C(C)(C)C)N=C(c1ccccc1)c1ccccc1. The molecule has 0 fully saturated rings. The molecular weight excluding hydrogens is 458 g/mol. The van der Waals surface area contributed by atoms with Gasteiger partial charge in [-0.2, -0.15) is 0 Å². The fraction of sp³-hybridized carbons (Fsp3) is 0.531. The number of hydrogen-bond donors (Lipinski definition) is 1. The molecule has 0 aliphatic rings. The number of rotatable bonds is 15. The van der Waals surface area contributed by atoms with Crippen LogP contribution in [0.5, 0.6) is 0 Å². The van der Waals surface area contributed by atoms with Gasteiger partial charge in [0.2, 0.25) is 0 Å². The number of aliphatic hydroxyl groups is 1. The molecule has 0 aliphatic heterocycles. The third kappa shape index (κ3) is 10.2. The van der Waals surface area contributed by atoms with E-state index in [2.05, 4.69) is 71.1 Å². The minimum atomic E-state index is -1.99. The highest BCUT2D eigenvalue weighted by Gasteiger charge is 2.38. The first-order valence-corrected chi connectivity index (χ1v) is 16.7. The molecule has 2 aromatic rings. The van der Waals surface area contributed by atoms with E-state index in [1.807, 2.05) is 42.5 Å².